The molecule has 0 fully saturated rings. The molecule has 0 spiro atoms. The van der Waals surface area contributed by atoms with E-state index in [1.54, 1.807) is 12.0 Å². The molecule has 4 rings (SSSR count). The molecule has 0 atom stereocenters. The lowest BCUT2D eigenvalue weighted by molar-refractivity contribution is -0.185. The molecule has 0 N–H and O–H groups in total. The molecule has 1 aliphatic carbocycles. The molecule has 3 aromatic rings. The van der Waals surface area contributed by atoms with Gasteiger partial charge in [-0.05, 0) is 66.5 Å². The molecule has 0 aliphatic heterocycles. The van der Waals surface area contributed by atoms with Crippen LogP contribution in [-0.2, 0) is 19.0 Å². The third-order valence-electron chi connectivity index (χ3n) is 5.25. The molecular formula is C24H15F7O. The largest absolute Gasteiger partial charge is 0.458 e. The zero-order valence-electron chi connectivity index (χ0n) is 16.4. The van der Waals surface area contributed by atoms with E-state index >= 15 is 0 Å². The summed E-state index contributed by atoms with van der Waals surface area (Å²) in [6.45, 7) is 0. The second-order valence-electron chi connectivity index (χ2n) is 7.49. The number of hydrogen-bond donors (Lipinski definition) is 0. The number of alkyl halides is 5. The van der Waals surface area contributed by atoms with Gasteiger partial charge in [0.2, 0.25) is 0 Å². The Labute approximate surface area is 178 Å². The molecule has 1 aliphatic rings. The van der Waals surface area contributed by atoms with Gasteiger partial charge < -0.3 is 4.74 Å². The van der Waals surface area contributed by atoms with Crippen molar-refractivity contribution >= 4 is 10.8 Å². The van der Waals surface area contributed by atoms with Crippen molar-refractivity contribution in [3.05, 3.63) is 76.4 Å². The molecule has 3 aromatic carbocycles. The minimum absolute atomic E-state index is 0.156. The number of fused-ring (bicyclic) bond motifs is 2. The van der Waals surface area contributed by atoms with E-state index in [-0.39, 0.29) is 10.9 Å². The molecule has 32 heavy (non-hydrogen) atoms. The van der Waals surface area contributed by atoms with Crippen LogP contribution in [0.5, 0.6) is 5.75 Å². The number of benzene rings is 3. The molecule has 0 unspecified atom stereocenters. The van der Waals surface area contributed by atoms with Gasteiger partial charge in [0.1, 0.15) is 17.4 Å². The highest BCUT2D eigenvalue weighted by atomic mass is 19.4. The summed E-state index contributed by atoms with van der Waals surface area (Å²) in [5.41, 5.74) is 0.771. The average molecular weight is 452 g/mol. The van der Waals surface area contributed by atoms with Gasteiger partial charge in [0.05, 0.1) is 16.5 Å². The third kappa shape index (κ3) is 4.52. The number of rotatable bonds is 3. The Bertz CT molecular complexity index is 1250. The van der Waals surface area contributed by atoms with Crippen LogP contribution in [0.3, 0.4) is 0 Å². The number of aryl methyl sites for hydroxylation is 2. The maximum atomic E-state index is 14.8. The highest BCUT2D eigenvalue weighted by Crippen LogP contribution is 2.36. The zero-order valence-corrected chi connectivity index (χ0v) is 16.4. The summed E-state index contributed by atoms with van der Waals surface area (Å²) in [5.74, 6) is -0.610. The Morgan fingerprint density at radius 3 is 2.25 bits per heavy atom. The lowest BCUT2D eigenvalue weighted by Gasteiger charge is -2.22. The van der Waals surface area contributed by atoms with Crippen LogP contribution in [0.15, 0.2) is 42.5 Å². The van der Waals surface area contributed by atoms with Crippen molar-refractivity contribution in [2.24, 2.45) is 0 Å². The smallest absolute Gasteiger partial charge is 0.429 e. The van der Waals surface area contributed by atoms with E-state index in [1.807, 2.05) is 0 Å². The van der Waals surface area contributed by atoms with Crippen LogP contribution >= 0.6 is 0 Å². The van der Waals surface area contributed by atoms with Gasteiger partial charge in [0.15, 0.2) is 0 Å². The molecule has 0 radical (unpaired) electrons. The summed E-state index contributed by atoms with van der Waals surface area (Å²) in [5, 5.41) is -0.820. The normalized spacial score (nSPS) is 14.0. The van der Waals surface area contributed by atoms with Crippen molar-refractivity contribution in [1.29, 1.82) is 0 Å². The van der Waals surface area contributed by atoms with Gasteiger partial charge in [-0.1, -0.05) is 18.1 Å². The molecule has 166 valence electrons. The molecular weight excluding hydrogens is 437 g/mol. The van der Waals surface area contributed by atoms with Crippen molar-refractivity contribution < 1.29 is 35.5 Å². The predicted octanol–water partition coefficient (Wildman–Crippen LogP) is 7.04. The van der Waals surface area contributed by atoms with E-state index < -0.39 is 40.6 Å². The molecule has 0 bridgehead atoms. The van der Waals surface area contributed by atoms with Gasteiger partial charge in [-0.2, -0.15) is 22.0 Å². The van der Waals surface area contributed by atoms with Gasteiger partial charge in [-0.25, -0.2) is 8.78 Å². The van der Waals surface area contributed by atoms with Crippen molar-refractivity contribution in [2.75, 3.05) is 0 Å². The fraction of sp³-hybridized carbons (Fsp3) is 0.250. The van der Waals surface area contributed by atoms with E-state index in [2.05, 4.69) is 0 Å². The minimum Gasteiger partial charge on any atom is -0.429 e. The first kappa shape index (κ1) is 22.0. The highest BCUT2D eigenvalue weighted by molar-refractivity contribution is 5.86. The molecule has 1 nitrogen and oxygen atoms in total. The second kappa shape index (κ2) is 8.05. The predicted molar refractivity (Wildman–Crippen MR) is 104 cm³/mol. The first-order chi connectivity index (χ1) is 15.0. The Balaban J connectivity index is 1.67. The Morgan fingerprint density at radius 2 is 1.53 bits per heavy atom. The van der Waals surface area contributed by atoms with Crippen molar-refractivity contribution in [1.82, 2.24) is 0 Å². The maximum absolute atomic E-state index is 14.8. The average Bonchev–Trinajstić information content (AvgIpc) is 2.71. The fourth-order valence-electron chi connectivity index (χ4n) is 3.76. The summed E-state index contributed by atoms with van der Waals surface area (Å²) in [6.07, 6.45) is -5.22. The SMILES string of the molecule is Fc1cc(OC(F)(F)c2ccc3c(c2)CCCC3)cc2ccc(C#CC(F)(F)F)c(F)c12. The van der Waals surface area contributed by atoms with Gasteiger partial charge in [-0.15, -0.1) is 0 Å². The van der Waals surface area contributed by atoms with Crippen molar-refractivity contribution in [2.45, 2.75) is 38.0 Å². The maximum Gasteiger partial charge on any atom is 0.458 e. The van der Waals surface area contributed by atoms with Gasteiger partial charge >= 0.3 is 12.3 Å². The van der Waals surface area contributed by atoms with E-state index in [0.717, 1.165) is 54.5 Å². The summed E-state index contributed by atoms with van der Waals surface area (Å²) in [4.78, 5) is 0. The number of halogens is 7. The lowest BCUT2D eigenvalue weighted by atomic mass is 9.90. The number of ether oxygens (including phenoxy) is 1. The molecule has 0 saturated carbocycles. The zero-order chi connectivity index (χ0) is 23.1. The lowest BCUT2D eigenvalue weighted by Crippen LogP contribution is -2.22. The Hall–Kier alpha value is -3.21. The van der Waals surface area contributed by atoms with Crippen LogP contribution in [0.1, 0.15) is 35.1 Å². The van der Waals surface area contributed by atoms with Crippen LogP contribution < -0.4 is 4.74 Å². The van der Waals surface area contributed by atoms with E-state index in [1.165, 1.54) is 12.1 Å². The fourth-order valence-corrected chi connectivity index (χ4v) is 3.76. The quantitative estimate of drug-likeness (QED) is 0.306. The first-order valence-corrected chi connectivity index (χ1v) is 9.74. The summed E-state index contributed by atoms with van der Waals surface area (Å²) in [7, 11) is 0. The van der Waals surface area contributed by atoms with Crippen LogP contribution in [0.4, 0.5) is 30.7 Å². The topological polar surface area (TPSA) is 9.23 Å². The van der Waals surface area contributed by atoms with Gasteiger partial charge in [0.25, 0.3) is 0 Å². The van der Waals surface area contributed by atoms with Gasteiger partial charge in [0, 0.05) is 12.0 Å². The Morgan fingerprint density at radius 1 is 0.812 bits per heavy atom. The highest BCUT2D eigenvalue weighted by Gasteiger charge is 2.35. The number of hydrogen-bond acceptors (Lipinski definition) is 1. The van der Waals surface area contributed by atoms with Crippen molar-refractivity contribution in [3.63, 3.8) is 0 Å². The van der Waals surface area contributed by atoms with Crippen LogP contribution in [0, 0.1) is 23.5 Å². The van der Waals surface area contributed by atoms with Crippen LogP contribution in [0.2, 0.25) is 0 Å². The third-order valence-corrected chi connectivity index (χ3v) is 5.25. The second-order valence-corrected chi connectivity index (χ2v) is 7.49. The van der Waals surface area contributed by atoms with Gasteiger partial charge in [-0.3, -0.25) is 0 Å². The molecule has 0 amide bonds. The van der Waals surface area contributed by atoms with Crippen LogP contribution in [-0.4, -0.2) is 6.18 Å². The molecule has 0 saturated heterocycles. The Kier molecular flexibility index (Phi) is 5.53. The standard InChI is InChI=1S/C24H15F7O/c25-20-13-19(12-17-6-5-15(22(26)21(17)20)9-10-23(27,28)29)32-24(30,31)18-8-7-14-3-1-2-4-16(14)11-18/h5-8,11-13H,1-4H2. The molecule has 8 heteroatoms. The first-order valence-electron chi connectivity index (χ1n) is 9.74. The summed E-state index contributed by atoms with van der Waals surface area (Å²) < 4.78 is 100. The van der Waals surface area contributed by atoms with E-state index in [9.17, 15) is 30.7 Å². The van der Waals surface area contributed by atoms with E-state index in [4.69, 9.17) is 4.74 Å². The molecule has 0 aromatic heterocycles. The van der Waals surface area contributed by atoms with Crippen LogP contribution in [0.25, 0.3) is 10.8 Å². The summed E-state index contributed by atoms with van der Waals surface area (Å²) >= 11 is 0. The monoisotopic (exact) mass is 452 g/mol. The summed E-state index contributed by atoms with van der Waals surface area (Å²) in [6, 6.07) is 7.82. The van der Waals surface area contributed by atoms with E-state index in [0.29, 0.717) is 12.5 Å². The minimum atomic E-state index is -4.85. The molecule has 0 heterocycles. The van der Waals surface area contributed by atoms with Crippen molar-refractivity contribution in [3.8, 4) is 17.6 Å².